The molecular formula is C21H26N6O7. The fourth-order valence-corrected chi connectivity index (χ4v) is 3.34. The molecule has 1 aromatic heterocycles. The Bertz CT molecular complexity index is 1080. The first kappa shape index (κ1) is 25.8. The summed E-state index contributed by atoms with van der Waals surface area (Å²) in [4.78, 5) is 74.2. The normalized spacial score (nSPS) is 13.2. The van der Waals surface area contributed by atoms with Crippen molar-refractivity contribution in [1.82, 2.24) is 26.3 Å². The van der Waals surface area contributed by atoms with E-state index in [2.05, 4.69) is 26.3 Å². The molecule has 8 N–H and O–H groups in total. The second-order valence-corrected chi connectivity index (χ2v) is 7.41. The highest BCUT2D eigenvalue weighted by molar-refractivity contribution is 5.97. The van der Waals surface area contributed by atoms with Crippen LogP contribution < -0.4 is 27.0 Å². The van der Waals surface area contributed by atoms with Crippen LogP contribution in [-0.4, -0.2) is 71.3 Å². The molecule has 2 rings (SSSR count). The third-order valence-electron chi connectivity index (χ3n) is 4.98. The van der Waals surface area contributed by atoms with Crippen molar-refractivity contribution in [2.24, 2.45) is 5.73 Å². The van der Waals surface area contributed by atoms with Crippen LogP contribution in [0.5, 0.6) is 0 Å². The molecule has 34 heavy (non-hydrogen) atoms. The van der Waals surface area contributed by atoms with Crippen LogP contribution in [0.2, 0.25) is 0 Å². The van der Waals surface area contributed by atoms with Gasteiger partial charge in [-0.25, -0.2) is 0 Å². The summed E-state index contributed by atoms with van der Waals surface area (Å²) in [5, 5.41) is 19.0. The predicted molar refractivity (Wildman–Crippen MR) is 119 cm³/mol. The fourth-order valence-electron chi connectivity index (χ4n) is 3.34. The molecule has 3 unspecified atom stereocenters. The van der Waals surface area contributed by atoms with Gasteiger partial charge in [0.2, 0.25) is 30.0 Å². The molecule has 0 radical (unpaired) electrons. The summed E-state index contributed by atoms with van der Waals surface area (Å²) in [6.45, 7) is 0. The van der Waals surface area contributed by atoms with Gasteiger partial charge in [-0.15, -0.1) is 0 Å². The van der Waals surface area contributed by atoms with Gasteiger partial charge in [0.15, 0.2) is 0 Å². The van der Waals surface area contributed by atoms with Crippen molar-refractivity contribution in [3.63, 3.8) is 0 Å². The number of hydrogen-bond acceptors (Lipinski definition) is 6. The number of carbonyl (C=O) groups is 6. The van der Waals surface area contributed by atoms with Gasteiger partial charge in [0, 0.05) is 30.6 Å². The first-order chi connectivity index (χ1) is 16.2. The number of rotatable bonds is 13. The lowest BCUT2D eigenvalue weighted by molar-refractivity contribution is -0.141. The molecule has 1 aromatic carbocycles. The molecule has 13 nitrogen and oxygen atoms in total. The summed E-state index contributed by atoms with van der Waals surface area (Å²) in [6.07, 6.45) is 0.742. The fraction of sp³-hybridized carbons (Fsp3) is 0.333. The number of likely N-dealkylation sites (N-methyl/N-ethyl adjacent to an activating group) is 1. The van der Waals surface area contributed by atoms with Crippen LogP contribution in [0.25, 0.3) is 10.9 Å². The zero-order chi connectivity index (χ0) is 25.3. The number of aliphatic carboxylic acids is 1. The Kier molecular flexibility index (Phi) is 9.11. The first-order valence-electron chi connectivity index (χ1n) is 10.2. The van der Waals surface area contributed by atoms with Crippen LogP contribution in [0.15, 0.2) is 30.5 Å². The minimum absolute atomic E-state index is 0.0688. The highest BCUT2D eigenvalue weighted by atomic mass is 16.4. The zero-order valence-electron chi connectivity index (χ0n) is 18.3. The van der Waals surface area contributed by atoms with E-state index in [9.17, 15) is 28.8 Å². The van der Waals surface area contributed by atoms with E-state index >= 15 is 0 Å². The smallest absolute Gasteiger partial charge is 0.305 e. The molecule has 1 heterocycles. The lowest BCUT2D eigenvalue weighted by atomic mass is 10.0. The molecule has 0 bridgehead atoms. The molecule has 13 heteroatoms. The molecule has 0 saturated carbocycles. The third-order valence-corrected chi connectivity index (χ3v) is 4.98. The van der Waals surface area contributed by atoms with E-state index in [0.29, 0.717) is 6.41 Å². The number of benzene rings is 1. The number of nitrogens with one attached hydrogen (secondary N) is 5. The van der Waals surface area contributed by atoms with E-state index in [1.54, 1.807) is 6.20 Å². The van der Waals surface area contributed by atoms with Crippen molar-refractivity contribution in [2.75, 3.05) is 7.05 Å². The Balaban J connectivity index is 2.19. The Morgan fingerprint density at radius 1 is 1.00 bits per heavy atom. The van der Waals surface area contributed by atoms with Crippen molar-refractivity contribution >= 4 is 46.9 Å². The Labute approximate surface area is 193 Å². The largest absolute Gasteiger partial charge is 0.481 e. The minimum Gasteiger partial charge on any atom is -0.481 e. The minimum atomic E-state index is -1.51. The van der Waals surface area contributed by atoms with Gasteiger partial charge in [-0.1, -0.05) is 18.2 Å². The number of fused-ring (bicyclic) bond motifs is 1. The molecule has 182 valence electrons. The van der Waals surface area contributed by atoms with Crippen molar-refractivity contribution < 1.29 is 33.9 Å². The molecule has 5 amide bonds. The maximum atomic E-state index is 12.9. The number of carboxylic acid groups (broad SMARTS) is 1. The number of nitrogens with two attached hydrogens (primary N) is 1. The van der Waals surface area contributed by atoms with E-state index in [1.165, 1.54) is 7.05 Å². The van der Waals surface area contributed by atoms with Gasteiger partial charge in [0.25, 0.3) is 0 Å². The number of amides is 5. The number of H-pyrrole nitrogens is 1. The first-order valence-corrected chi connectivity index (χ1v) is 10.2. The summed E-state index contributed by atoms with van der Waals surface area (Å²) in [6, 6.07) is 3.27. The van der Waals surface area contributed by atoms with Gasteiger partial charge in [-0.2, -0.15) is 0 Å². The number of primary amides is 1. The SMILES string of the molecule is CNC(=O)C(CC(=O)O)NC(=O)C(CC(N)=O)NC(=O)C(Cc1c[nH]c2ccccc12)NC=O. The highest BCUT2D eigenvalue weighted by Crippen LogP contribution is 2.19. The Morgan fingerprint density at radius 3 is 2.21 bits per heavy atom. The van der Waals surface area contributed by atoms with E-state index in [-0.39, 0.29) is 6.42 Å². The molecule has 0 aliphatic carbocycles. The van der Waals surface area contributed by atoms with Crippen molar-refractivity contribution in [1.29, 1.82) is 0 Å². The highest BCUT2D eigenvalue weighted by Gasteiger charge is 2.31. The second kappa shape index (κ2) is 12.0. The van der Waals surface area contributed by atoms with E-state index in [4.69, 9.17) is 10.8 Å². The number of carbonyl (C=O) groups excluding carboxylic acids is 5. The van der Waals surface area contributed by atoms with Gasteiger partial charge in [0.05, 0.1) is 12.8 Å². The van der Waals surface area contributed by atoms with Crippen LogP contribution in [0.4, 0.5) is 0 Å². The Hall–Kier alpha value is -4.42. The summed E-state index contributed by atoms with van der Waals surface area (Å²) in [5.74, 6) is -4.82. The maximum Gasteiger partial charge on any atom is 0.305 e. The summed E-state index contributed by atoms with van der Waals surface area (Å²) >= 11 is 0. The van der Waals surface area contributed by atoms with Gasteiger partial charge < -0.3 is 37.1 Å². The number of aromatic nitrogens is 1. The molecule has 0 fully saturated rings. The third kappa shape index (κ3) is 7.05. The Morgan fingerprint density at radius 2 is 1.62 bits per heavy atom. The lowest BCUT2D eigenvalue weighted by Gasteiger charge is -2.23. The lowest BCUT2D eigenvalue weighted by Crippen LogP contribution is -2.57. The number of aromatic amines is 1. The quantitative estimate of drug-likeness (QED) is 0.160. The molecule has 3 atom stereocenters. The summed E-state index contributed by atoms with van der Waals surface area (Å²) in [5.41, 5.74) is 6.74. The standard InChI is InChI=1S/C21H26N6O7/c1-23-19(32)16(8-18(30)31)27-21(34)15(7-17(22)29)26-20(33)14(25-10-28)6-11-9-24-13-5-3-2-4-12(11)13/h2-5,9-10,14-16,24H,6-8H2,1H3,(H2,22,29)(H,23,32)(H,25,28)(H,26,33)(H,27,34)(H,30,31). The maximum absolute atomic E-state index is 12.9. The van der Waals surface area contributed by atoms with Crippen LogP contribution in [0, 0.1) is 0 Å². The average molecular weight is 474 g/mol. The molecule has 0 aliphatic heterocycles. The molecule has 0 aliphatic rings. The predicted octanol–water partition coefficient (Wildman–Crippen LogP) is -2.11. The van der Waals surface area contributed by atoms with E-state index in [1.807, 2.05) is 24.3 Å². The molecule has 2 aromatic rings. The van der Waals surface area contributed by atoms with Crippen LogP contribution in [-0.2, 0) is 35.2 Å². The number of carboxylic acids is 1. The zero-order valence-corrected chi connectivity index (χ0v) is 18.3. The monoisotopic (exact) mass is 474 g/mol. The van der Waals surface area contributed by atoms with Crippen molar-refractivity contribution in [3.8, 4) is 0 Å². The van der Waals surface area contributed by atoms with E-state index in [0.717, 1.165) is 16.5 Å². The molecule has 0 spiro atoms. The summed E-state index contributed by atoms with van der Waals surface area (Å²) < 4.78 is 0. The van der Waals surface area contributed by atoms with Crippen molar-refractivity contribution in [2.45, 2.75) is 37.4 Å². The summed E-state index contributed by atoms with van der Waals surface area (Å²) in [7, 11) is 1.26. The van der Waals surface area contributed by atoms with Gasteiger partial charge in [-0.05, 0) is 11.6 Å². The van der Waals surface area contributed by atoms with Crippen LogP contribution in [0.3, 0.4) is 0 Å². The number of para-hydroxylation sites is 1. The van der Waals surface area contributed by atoms with E-state index < -0.39 is 60.6 Å². The van der Waals surface area contributed by atoms with Gasteiger partial charge >= 0.3 is 5.97 Å². The van der Waals surface area contributed by atoms with Crippen molar-refractivity contribution in [3.05, 3.63) is 36.0 Å². The molecule has 0 saturated heterocycles. The molecular weight excluding hydrogens is 448 g/mol. The van der Waals surface area contributed by atoms with Gasteiger partial charge in [0.1, 0.15) is 18.1 Å². The van der Waals surface area contributed by atoms with Crippen LogP contribution >= 0.6 is 0 Å². The van der Waals surface area contributed by atoms with Crippen LogP contribution in [0.1, 0.15) is 18.4 Å². The average Bonchev–Trinajstić information content (AvgIpc) is 3.19. The van der Waals surface area contributed by atoms with Gasteiger partial charge in [-0.3, -0.25) is 28.8 Å². The number of hydrogen-bond donors (Lipinski definition) is 7. The second-order valence-electron chi connectivity index (χ2n) is 7.41. The topological polar surface area (TPSA) is 213 Å².